The number of rotatable bonds is 4. The summed E-state index contributed by atoms with van der Waals surface area (Å²) < 4.78 is 10.5. The molecule has 2 aliphatic rings. The summed E-state index contributed by atoms with van der Waals surface area (Å²) >= 11 is 6.12. The van der Waals surface area contributed by atoms with Gasteiger partial charge in [0.1, 0.15) is 0 Å². The molecule has 0 aromatic heterocycles. The van der Waals surface area contributed by atoms with Crippen LogP contribution in [0.1, 0.15) is 33.6 Å². The maximum Gasteiger partial charge on any atom is 0.255 e. The van der Waals surface area contributed by atoms with Crippen molar-refractivity contribution in [3.8, 4) is 11.5 Å². The number of amides is 2. The minimum absolute atomic E-state index is 0.0737. The van der Waals surface area contributed by atoms with Gasteiger partial charge < -0.3 is 20.1 Å². The standard InChI is InChI=1S/C18H15ClN2O4/c19-13-7-10(8-15-16(13)25-9-24-15)17(22)21-14-4-2-1-3-12(14)18(23)20-11-5-6-11/h1-4,7-8,11H,5-6,9H2,(H,20,23)(H,21,22). The van der Waals surface area contributed by atoms with Crippen molar-refractivity contribution in [3.05, 3.63) is 52.5 Å². The highest BCUT2D eigenvalue weighted by Gasteiger charge is 2.25. The highest BCUT2D eigenvalue weighted by atomic mass is 35.5. The average Bonchev–Trinajstić information content (AvgIpc) is 3.28. The zero-order valence-corrected chi connectivity index (χ0v) is 13.9. The molecule has 0 unspecified atom stereocenters. The fourth-order valence-corrected chi connectivity index (χ4v) is 2.84. The number of carbonyl (C=O) groups excluding carboxylic acids is 2. The molecule has 2 aromatic rings. The summed E-state index contributed by atoms with van der Waals surface area (Å²) in [4.78, 5) is 24.9. The maximum atomic E-state index is 12.6. The lowest BCUT2D eigenvalue weighted by Gasteiger charge is -2.11. The molecular formula is C18H15ClN2O4. The number of carbonyl (C=O) groups is 2. The smallest absolute Gasteiger partial charge is 0.255 e. The van der Waals surface area contributed by atoms with Crippen LogP contribution in [-0.2, 0) is 0 Å². The quantitative estimate of drug-likeness (QED) is 0.879. The van der Waals surface area contributed by atoms with Crippen LogP contribution in [0.4, 0.5) is 5.69 Å². The van der Waals surface area contributed by atoms with Gasteiger partial charge in [-0.05, 0) is 37.1 Å². The van der Waals surface area contributed by atoms with Gasteiger partial charge in [-0.25, -0.2) is 0 Å². The van der Waals surface area contributed by atoms with Gasteiger partial charge in [0.2, 0.25) is 6.79 Å². The minimum Gasteiger partial charge on any atom is -0.454 e. The number of nitrogens with one attached hydrogen (secondary N) is 2. The van der Waals surface area contributed by atoms with Crippen molar-refractivity contribution in [2.75, 3.05) is 12.1 Å². The third kappa shape index (κ3) is 3.25. The fourth-order valence-electron chi connectivity index (χ4n) is 2.57. The van der Waals surface area contributed by atoms with Gasteiger partial charge in [0, 0.05) is 11.6 Å². The van der Waals surface area contributed by atoms with Crippen LogP contribution >= 0.6 is 11.6 Å². The van der Waals surface area contributed by atoms with E-state index < -0.39 is 0 Å². The Morgan fingerprint density at radius 3 is 2.68 bits per heavy atom. The molecule has 1 heterocycles. The molecule has 0 spiro atoms. The number of anilines is 1. The molecule has 0 saturated heterocycles. The molecule has 4 rings (SSSR count). The lowest BCUT2D eigenvalue weighted by atomic mass is 10.1. The van der Waals surface area contributed by atoms with Crippen molar-refractivity contribution in [3.63, 3.8) is 0 Å². The second-order valence-corrected chi connectivity index (χ2v) is 6.35. The molecular weight excluding hydrogens is 344 g/mol. The number of hydrogen-bond acceptors (Lipinski definition) is 4. The van der Waals surface area contributed by atoms with Gasteiger partial charge in [-0.3, -0.25) is 9.59 Å². The van der Waals surface area contributed by atoms with Gasteiger partial charge in [-0.1, -0.05) is 23.7 Å². The Balaban J connectivity index is 1.57. The first-order valence-electron chi connectivity index (χ1n) is 7.92. The van der Waals surface area contributed by atoms with E-state index in [4.69, 9.17) is 21.1 Å². The molecule has 2 amide bonds. The Labute approximate surface area is 149 Å². The van der Waals surface area contributed by atoms with Crippen LogP contribution in [0, 0.1) is 0 Å². The number of benzene rings is 2. The number of halogens is 1. The highest BCUT2D eigenvalue weighted by molar-refractivity contribution is 6.33. The van der Waals surface area contributed by atoms with Crippen LogP contribution in [0.15, 0.2) is 36.4 Å². The molecule has 1 aliphatic carbocycles. The molecule has 1 fully saturated rings. The van der Waals surface area contributed by atoms with Gasteiger partial charge in [0.05, 0.1) is 16.3 Å². The molecule has 0 atom stereocenters. The van der Waals surface area contributed by atoms with Crippen LogP contribution in [0.2, 0.25) is 5.02 Å². The monoisotopic (exact) mass is 358 g/mol. The minimum atomic E-state index is -0.383. The molecule has 2 aromatic carbocycles. The van der Waals surface area contributed by atoms with E-state index >= 15 is 0 Å². The predicted octanol–water partition coefficient (Wildman–Crippen LogP) is 3.21. The van der Waals surface area contributed by atoms with E-state index in [1.54, 1.807) is 30.3 Å². The maximum absolute atomic E-state index is 12.6. The topological polar surface area (TPSA) is 76.7 Å². The van der Waals surface area contributed by atoms with Crippen LogP contribution in [0.3, 0.4) is 0 Å². The van der Waals surface area contributed by atoms with Crippen LogP contribution in [-0.4, -0.2) is 24.6 Å². The van der Waals surface area contributed by atoms with Crippen LogP contribution in [0.25, 0.3) is 0 Å². The molecule has 25 heavy (non-hydrogen) atoms. The summed E-state index contributed by atoms with van der Waals surface area (Å²) in [6, 6.07) is 10.2. The van der Waals surface area contributed by atoms with Crippen molar-refractivity contribution in [1.82, 2.24) is 5.32 Å². The van der Waals surface area contributed by atoms with E-state index in [9.17, 15) is 9.59 Å². The molecule has 1 aliphatic heterocycles. The van der Waals surface area contributed by atoms with Crippen molar-refractivity contribution in [2.45, 2.75) is 18.9 Å². The summed E-state index contributed by atoms with van der Waals surface area (Å²) in [7, 11) is 0. The summed E-state index contributed by atoms with van der Waals surface area (Å²) in [5.41, 5.74) is 1.20. The largest absolute Gasteiger partial charge is 0.454 e. The average molecular weight is 359 g/mol. The number of hydrogen-bond donors (Lipinski definition) is 2. The fraction of sp³-hybridized carbons (Fsp3) is 0.222. The van der Waals surface area contributed by atoms with E-state index in [-0.39, 0.29) is 24.6 Å². The molecule has 6 nitrogen and oxygen atoms in total. The molecule has 1 saturated carbocycles. The summed E-state index contributed by atoms with van der Waals surface area (Å²) in [6.45, 7) is 0.0737. The third-order valence-corrected chi connectivity index (χ3v) is 4.30. The first-order chi connectivity index (χ1) is 12.1. The van der Waals surface area contributed by atoms with Gasteiger partial charge in [-0.2, -0.15) is 0 Å². The first kappa shape index (κ1) is 15.8. The second-order valence-electron chi connectivity index (χ2n) is 5.94. The van der Waals surface area contributed by atoms with Gasteiger partial charge in [0.15, 0.2) is 11.5 Å². The van der Waals surface area contributed by atoms with E-state index in [0.29, 0.717) is 33.3 Å². The molecule has 2 N–H and O–H groups in total. The van der Waals surface area contributed by atoms with Crippen molar-refractivity contribution < 1.29 is 19.1 Å². The third-order valence-electron chi connectivity index (χ3n) is 4.02. The predicted molar refractivity (Wildman–Crippen MR) is 92.5 cm³/mol. The molecule has 0 bridgehead atoms. The molecule has 7 heteroatoms. The number of fused-ring (bicyclic) bond motifs is 1. The Hall–Kier alpha value is -2.73. The van der Waals surface area contributed by atoms with Gasteiger partial charge >= 0.3 is 0 Å². The summed E-state index contributed by atoms with van der Waals surface area (Å²) in [5, 5.41) is 5.99. The summed E-state index contributed by atoms with van der Waals surface area (Å²) in [5.74, 6) is 0.286. The number of ether oxygens (including phenoxy) is 2. The molecule has 128 valence electrons. The summed E-state index contributed by atoms with van der Waals surface area (Å²) in [6.07, 6.45) is 1.99. The SMILES string of the molecule is O=C(Nc1ccccc1C(=O)NC1CC1)c1cc(Cl)c2c(c1)OCO2. The highest BCUT2D eigenvalue weighted by Crippen LogP contribution is 2.40. The van der Waals surface area contributed by atoms with Gasteiger partial charge in [-0.15, -0.1) is 0 Å². The zero-order chi connectivity index (χ0) is 17.4. The normalized spacial score (nSPS) is 14.9. The van der Waals surface area contributed by atoms with E-state index in [2.05, 4.69) is 10.6 Å². The molecule has 0 radical (unpaired) electrons. The first-order valence-corrected chi connectivity index (χ1v) is 8.30. The Morgan fingerprint density at radius 2 is 1.88 bits per heavy atom. The zero-order valence-electron chi connectivity index (χ0n) is 13.2. The second kappa shape index (κ2) is 6.29. The van der Waals surface area contributed by atoms with Crippen molar-refractivity contribution in [2.24, 2.45) is 0 Å². The Bertz CT molecular complexity index is 864. The van der Waals surface area contributed by atoms with Crippen LogP contribution < -0.4 is 20.1 Å². The van der Waals surface area contributed by atoms with Gasteiger partial charge in [0.25, 0.3) is 11.8 Å². The lowest BCUT2D eigenvalue weighted by molar-refractivity contribution is 0.0952. The van der Waals surface area contributed by atoms with E-state index in [1.165, 1.54) is 6.07 Å². The lowest BCUT2D eigenvalue weighted by Crippen LogP contribution is -2.27. The number of para-hydroxylation sites is 1. The van der Waals surface area contributed by atoms with E-state index in [1.807, 2.05) is 0 Å². The Kier molecular flexibility index (Phi) is 3.97. The van der Waals surface area contributed by atoms with Crippen molar-refractivity contribution in [1.29, 1.82) is 0 Å². The van der Waals surface area contributed by atoms with Crippen molar-refractivity contribution >= 4 is 29.1 Å². The van der Waals surface area contributed by atoms with Crippen LogP contribution in [0.5, 0.6) is 11.5 Å². The Morgan fingerprint density at radius 1 is 1.08 bits per heavy atom. The van der Waals surface area contributed by atoms with E-state index in [0.717, 1.165) is 12.8 Å².